The minimum Gasteiger partial charge on any atom is -0.493 e. The molecule has 3 heterocycles. The number of rotatable bonds is 4. The first-order chi connectivity index (χ1) is 11.4. The quantitative estimate of drug-likeness (QED) is 0.854. The second-order valence-electron chi connectivity index (χ2n) is 7.14. The Morgan fingerprint density at radius 2 is 1.96 bits per heavy atom. The molecule has 1 saturated heterocycles. The van der Waals surface area contributed by atoms with Gasteiger partial charge in [0.2, 0.25) is 0 Å². The van der Waals surface area contributed by atoms with Crippen LogP contribution in [0.25, 0.3) is 0 Å². The van der Waals surface area contributed by atoms with Gasteiger partial charge in [0.15, 0.2) is 0 Å². The maximum absolute atomic E-state index is 5.68. The molecule has 1 saturated carbocycles. The van der Waals surface area contributed by atoms with E-state index in [4.69, 9.17) is 4.74 Å². The van der Waals surface area contributed by atoms with Crippen LogP contribution in [0.15, 0.2) is 12.3 Å². The van der Waals surface area contributed by atoms with Gasteiger partial charge < -0.3 is 9.64 Å². The average Bonchev–Trinajstić information content (AvgIpc) is 3.10. The van der Waals surface area contributed by atoms with E-state index >= 15 is 0 Å². The van der Waals surface area contributed by atoms with Crippen molar-refractivity contribution in [2.24, 2.45) is 5.92 Å². The van der Waals surface area contributed by atoms with Gasteiger partial charge in [-0.2, -0.15) is 0 Å². The molecule has 4 heteroatoms. The first-order valence-corrected chi connectivity index (χ1v) is 9.30. The number of aromatic nitrogens is 1. The van der Waals surface area contributed by atoms with Gasteiger partial charge in [0.25, 0.3) is 0 Å². The normalized spacial score (nSPS) is 22.9. The van der Waals surface area contributed by atoms with E-state index in [1.807, 2.05) is 12.3 Å². The lowest BCUT2D eigenvalue weighted by Crippen LogP contribution is -2.47. The standard InChI is InChI=1S/C19H28N3O/c1-2-4-16(5-3-1)7-10-21-11-13-22(14-12-21)19-17-8-15-23-18(17)6-9-20-19/h1,6,9,16H,2-5,7-8,10-15H2. The van der Waals surface area contributed by atoms with Crippen molar-refractivity contribution in [2.75, 3.05) is 44.2 Å². The molecule has 23 heavy (non-hydrogen) atoms. The van der Waals surface area contributed by atoms with Crippen molar-refractivity contribution in [1.82, 2.24) is 9.88 Å². The highest BCUT2D eigenvalue weighted by Gasteiger charge is 2.24. The molecule has 2 aliphatic heterocycles. The fourth-order valence-corrected chi connectivity index (χ4v) is 4.20. The van der Waals surface area contributed by atoms with Crippen LogP contribution >= 0.6 is 0 Å². The molecule has 0 atom stereocenters. The number of pyridine rings is 1. The molecule has 0 N–H and O–H groups in total. The summed E-state index contributed by atoms with van der Waals surface area (Å²) in [5, 5.41) is 0. The van der Waals surface area contributed by atoms with Crippen LogP contribution in [0.1, 0.15) is 37.7 Å². The second-order valence-corrected chi connectivity index (χ2v) is 7.14. The van der Waals surface area contributed by atoms with Crippen molar-refractivity contribution in [2.45, 2.75) is 38.5 Å². The number of nitrogens with zero attached hydrogens (tertiary/aromatic N) is 3. The predicted molar refractivity (Wildman–Crippen MR) is 93.0 cm³/mol. The van der Waals surface area contributed by atoms with Crippen molar-refractivity contribution in [1.29, 1.82) is 0 Å². The SMILES string of the molecule is [CH]1CCC(CCN2CCN(c3nccc4c3CCO4)CC2)CC1. The highest BCUT2D eigenvalue weighted by atomic mass is 16.5. The number of hydrogen-bond acceptors (Lipinski definition) is 4. The van der Waals surface area contributed by atoms with Gasteiger partial charge in [-0.1, -0.05) is 12.8 Å². The van der Waals surface area contributed by atoms with Crippen LogP contribution in [0.2, 0.25) is 0 Å². The van der Waals surface area contributed by atoms with Gasteiger partial charge in [0.05, 0.1) is 6.61 Å². The van der Waals surface area contributed by atoms with Crippen molar-refractivity contribution in [3.63, 3.8) is 0 Å². The van der Waals surface area contributed by atoms with E-state index in [1.165, 1.54) is 63.1 Å². The summed E-state index contributed by atoms with van der Waals surface area (Å²) in [6, 6.07) is 2.00. The third-order valence-corrected chi connectivity index (χ3v) is 5.68. The Bertz CT molecular complexity index is 519. The van der Waals surface area contributed by atoms with Gasteiger partial charge in [-0.25, -0.2) is 4.98 Å². The van der Waals surface area contributed by atoms with Crippen LogP contribution in [0.3, 0.4) is 0 Å². The Morgan fingerprint density at radius 3 is 2.78 bits per heavy atom. The average molecular weight is 314 g/mol. The summed E-state index contributed by atoms with van der Waals surface area (Å²) < 4.78 is 5.68. The molecule has 1 radical (unpaired) electrons. The number of anilines is 1. The third-order valence-electron chi connectivity index (χ3n) is 5.68. The van der Waals surface area contributed by atoms with E-state index in [0.29, 0.717) is 0 Å². The Balaban J connectivity index is 1.28. The minimum atomic E-state index is 0.812. The summed E-state index contributed by atoms with van der Waals surface area (Å²) in [6.07, 6.45) is 12.3. The Labute approximate surface area is 139 Å². The zero-order chi connectivity index (χ0) is 15.5. The van der Waals surface area contributed by atoms with Crippen LogP contribution in [-0.2, 0) is 6.42 Å². The molecule has 2 fully saturated rings. The summed E-state index contributed by atoms with van der Waals surface area (Å²) in [4.78, 5) is 9.75. The van der Waals surface area contributed by atoms with Gasteiger partial charge in [0.1, 0.15) is 11.6 Å². The number of fused-ring (bicyclic) bond motifs is 1. The van der Waals surface area contributed by atoms with Gasteiger partial charge in [-0.05, 0) is 44.2 Å². The van der Waals surface area contributed by atoms with Crippen molar-refractivity contribution in [3.05, 3.63) is 24.2 Å². The summed E-state index contributed by atoms with van der Waals surface area (Å²) in [5.41, 5.74) is 1.32. The van der Waals surface area contributed by atoms with Crippen LogP contribution in [0.4, 0.5) is 5.82 Å². The molecule has 0 bridgehead atoms. The molecule has 1 aliphatic carbocycles. The fraction of sp³-hybridized carbons (Fsp3) is 0.684. The highest BCUT2D eigenvalue weighted by Crippen LogP contribution is 2.32. The highest BCUT2D eigenvalue weighted by molar-refractivity contribution is 5.55. The lowest BCUT2D eigenvalue weighted by molar-refractivity contribution is 0.227. The van der Waals surface area contributed by atoms with Crippen LogP contribution in [-0.4, -0.2) is 49.2 Å². The van der Waals surface area contributed by atoms with Crippen molar-refractivity contribution < 1.29 is 4.74 Å². The maximum Gasteiger partial charge on any atom is 0.135 e. The minimum absolute atomic E-state index is 0.812. The summed E-state index contributed by atoms with van der Waals surface area (Å²) in [5.74, 6) is 3.18. The topological polar surface area (TPSA) is 28.6 Å². The monoisotopic (exact) mass is 314 g/mol. The zero-order valence-corrected chi connectivity index (χ0v) is 14.0. The molecule has 0 amide bonds. The molecular formula is C19H28N3O. The Morgan fingerprint density at radius 1 is 1.13 bits per heavy atom. The molecule has 1 aromatic rings. The lowest BCUT2D eigenvalue weighted by atomic mass is 9.87. The largest absolute Gasteiger partial charge is 0.493 e. The summed E-state index contributed by atoms with van der Waals surface area (Å²) in [7, 11) is 0. The van der Waals surface area contributed by atoms with Crippen LogP contribution in [0, 0.1) is 12.3 Å². The van der Waals surface area contributed by atoms with Gasteiger partial charge in [-0.3, -0.25) is 4.90 Å². The predicted octanol–water partition coefficient (Wildman–Crippen LogP) is 2.92. The molecule has 0 spiro atoms. The zero-order valence-electron chi connectivity index (χ0n) is 14.0. The molecule has 1 aromatic heterocycles. The molecule has 3 aliphatic rings. The Kier molecular flexibility index (Phi) is 4.69. The smallest absolute Gasteiger partial charge is 0.135 e. The van der Waals surface area contributed by atoms with Crippen LogP contribution < -0.4 is 9.64 Å². The lowest BCUT2D eigenvalue weighted by Gasteiger charge is -2.36. The maximum atomic E-state index is 5.68. The van der Waals surface area contributed by atoms with E-state index in [1.54, 1.807) is 0 Å². The summed E-state index contributed by atoms with van der Waals surface area (Å²) in [6.45, 7) is 6.63. The van der Waals surface area contributed by atoms with E-state index in [-0.39, 0.29) is 0 Å². The first-order valence-electron chi connectivity index (χ1n) is 9.30. The van der Waals surface area contributed by atoms with E-state index < -0.39 is 0 Å². The van der Waals surface area contributed by atoms with E-state index in [2.05, 4.69) is 21.2 Å². The Hall–Kier alpha value is -1.29. The number of ether oxygens (including phenoxy) is 1. The van der Waals surface area contributed by atoms with Crippen molar-refractivity contribution >= 4 is 5.82 Å². The first kappa shape index (κ1) is 15.3. The molecular weight excluding hydrogens is 286 g/mol. The van der Waals surface area contributed by atoms with Gasteiger partial charge in [0, 0.05) is 44.4 Å². The summed E-state index contributed by atoms with van der Waals surface area (Å²) >= 11 is 0. The van der Waals surface area contributed by atoms with E-state index in [0.717, 1.165) is 37.8 Å². The van der Waals surface area contributed by atoms with Crippen molar-refractivity contribution in [3.8, 4) is 5.75 Å². The number of piperazine rings is 1. The number of hydrogen-bond donors (Lipinski definition) is 0. The van der Waals surface area contributed by atoms with E-state index in [9.17, 15) is 0 Å². The fourth-order valence-electron chi connectivity index (χ4n) is 4.20. The molecule has 125 valence electrons. The van der Waals surface area contributed by atoms with Gasteiger partial charge in [-0.15, -0.1) is 0 Å². The molecule has 0 unspecified atom stereocenters. The molecule has 0 aromatic carbocycles. The molecule has 4 rings (SSSR count). The second kappa shape index (κ2) is 7.08. The third kappa shape index (κ3) is 3.47. The molecule has 4 nitrogen and oxygen atoms in total. The van der Waals surface area contributed by atoms with Gasteiger partial charge >= 0.3 is 0 Å². The van der Waals surface area contributed by atoms with Crippen LogP contribution in [0.5, 0.6) is 5.75 Å².